The number of aryl methyl sites for hydroxylation is 2. The Morgan fingerprint density at radius 2 is 1.04 bits per heavy atom. The smallest absolute Gasteiger partial charge is 0 e. The van der Waals surface area contributed by atoms with Gasteiger partial charge < -0.3 is 0 Å². The van der Waals surface area contributed by atoms with Gasteiger partial charge in [-0.25, -0.2) is 0 Å². The molecule has 0 saturated heterocycles. The second kappa shape index (κ2) is 9.08. The summed E-state index contributed by atoms with van der Waals surface area (Å²) in [6.45, 7) is 4.20. The largest absolute Gasteiger partial charge is 0 e. The van der Waals surface area contributed by atoms with E-state index < -0.39 is 0 Å². The van der Waals surface area contributed by atoms with Gasteiger partial charge in [0.2, 0.25) is 0 Å². The minimum Gasteiger partial charge on any atom is 0 e. The maximum absolute atomic E-state index is 4.31. The van der Waals surface area contributed by atoms with Gasteiger partial charge in [0.05, 0.1) is 0 Å². The molecule has 0 aliphatic heterocycles. The molecule has 0 unspecified atom stereocenters. The van der Waals surface area contributed by atoms with Crippen LogP contribution in [0.15, 0.2) is 60.9 Å². The van der Waals surface area contributed by atoms with Crippen LogP contribution in [0.25, 0.3) is 21.8 Å². The number of pyridine rings is 2. The van der Waals surface area contributed by atoms with Crippen molar-refractivity contribution in [2.24, 2.45) is 0 Å². The number of hydrogen-bond donors (Lipinski definition) is 0. The van der Waals surface area contributed by atoms with Crippen LogP contribution in [0.3, 0.4) is 0 Å². The van der Waals surface area contributed by atoms with E-state index in [9.17, 15) is 0 Å². The minimum absolute atomic E-state index is 0. The maximum atomic E-state index is 4.31. The zero-order chi connectivity index (χ0) is 17.1. The Morgan fingerprint density at radius 3 is 1.40 bits per heavy atom. The van der Waals surface area contributed by atoms with Crippen LogP contribution >= 0.6 is 0 Å². The molecule has 2 nitrogen and oxygen atoms in total. The van der Waals surface area contributed by atoms with Crippen molar-refractivity contribution in [1.29, 1.82) is 0 Å². The summed E-state index contributed by atoms with van der Waals surface area (Å²) in [7, 11) is 0. The molecule has 2 heterocycles. The Balaban J connectivity index is 0.000000173. The Morgan fingerprint density at radius 1 is 0.640 bits per heavy atom. The molecule has 0 aliphatic carbocycles. The van der Waals surface area contributed by atoms with Gasteiger partial charge in [-0.2, -0.15) is 0 Å². The van der Waals surface area contributed by atoms with Crippen LogP contribution in [0, 0.1) is 13.8 Å². The molecular formula is C20H16N2PtSe2. The molecule has 25 heavy (non-hydrogen) atoms. The van der Waals surface area contributed by atoms with E-state index in [2.05, 4.69) is 68.0 Å². The molecule has 0 spiro atoms. The average molecular weight is 637 g/mol. The van der Waals surface area contributed by atoms with Gasteiger partial charge >= 0.3 is 159 Å². The van der Waals surface area contributed by atoms with E-state index in [0.717, 1.165) is 20.0 Å². The van der Waals surface area contributed by atoms with E-state index in [1.807, 2.05) is 48.8 Å². The van der Waals surface area contributed by atoms with Crippen molar-refractivity contribution < 1.29 is 21.1 Å². The molecule has 0 aliphatic rings. The van der Waals surface area contributed by atoms with E-state index >= 15 is 0 Å². The van der Waals surface area contributed by atoms with Crippen LogP contribution in [0.2, 0.25) is 0 Å². The fraction of sp³-hybridized carbons (Fsp3) is 0.100. The first-order chi connectivity index (χ1) is 11.6. The van der Waals surface area contributed by atoms with Crippen molar-refractivity contribution in [2.75, 3.05) is 0 Å². The van der Waals surface area contributed by atoms with E-state index in [-0.39, 0.29) is 21.1 Å². The van der Waals surface area contributed by atoms with Crippen LogP contribution in [0.4, 0.5) is 0 Å². The van der Waals surface area contributed by atoms with Crippen molar-refractivity contribution in [3.05, 3.63) is 72.1 Å². The molecule has 0 atom stereocenters. The summed E-state index contributed by atoms with van der Waals surface area (Å²) in [5.74, 6) is 0. The van der Waals surface area contributed by atoms with Gasteiger partial charge in [-0.3, -0.25) is 0 Å². The summed E-state index contributed by atoms with van der Waals surface area (Å²) in [4.78, 5) is 8.62. The predicted octanol–water partition coefficient (Wildman–Crippen LogP) is 2.67. The Hall–Kier alpha value is -1.01. The molecule has 0 N–H and O–H groups in total. The van der Waals surface area contributed by atoms with Crippen molar-refractivity contribution in [1.82, 2.24) is 9.97 Å². The first-order valence-corrected chi connectivity index (χ1v) is 9.32. The van der Waals surface area contributed by atoms with Gasteiger partial charge in [-0.15, -0.1) is 0 Å². The van der Waals surface area contributed by atoms with Gasteiger partial charge in [0, 0.05) is 21.1 Å². The maximum Gasteiger partial charge on any atom is 0 e. The van der Waals surface area contributed by atoms with Crippen molar-refractivity contribution >= 4 is 62.8 Å². The van der Waals surface area contributed by atoms with Gasteiger partial charge in [0.15, 0.2) is 0 Å². The SMILES string of the molecule is Cc1ccnc2c([Se])cccc12.Cc1ccnc2c([Se])cccc12.[Pt]. The van der Waals surface area contributed by atoms with E-state index in [0.29, 0.717) is 0 Å². The summed E-state index contributed by atoms with van der Waals surface area (Å²) in [5, 5.41) is 2.46. The average Bonchev–Trinajstić information content (AvgIpc) is 2.58. The predicted molar refractivity (Wildman–Crippen MR) is 104 cm³/mol. The fourth-order valence-electron chi connectivity index (χ4n) is 2.57. The molecule has 5 heteroatoms. The molecule has 2 aromatic carbocycles. The summed E-state index contributed by atoms with van der Waals surface area (Å²) < 4.78 is 2.24. The van der Waals surface area contributed by atoms with Gasteiger partial charge in [-0.05, 0) is 0 Å². The standard InChI is InChI=1S/2C10H8NSe.Pt/c2*1-7-5-6-11-10-8(7)3-2-4-9(10)12;/h2*2-6H,1H3;. The number of hydrogen-bond acceptors (Lipinski definition) is 2. The van der Waals surface area contributed by atoms with E-state index in [1.54, 1.807) is 0 Å². The summed E-state index contributed by atoms with van der Waals surface area (Å²) >= 11 is 6.02. The number of rotatable bonds is 0. The summed E-state index contributed by atoms with van der Waals surface area (Å²) in [5.41, 5.74) is 4.68. The Bertz CT molecular complexity index is 853. The van der Waals surface area contributed by atoms with Gasteiger partial charge in [-0.1, -0.05) is 0 Å². The Labute approximate surface area is 178 Å². The number of nitrogens with zero attached hydrogens (tertiary/aromatic N) is 2. The number of para-hydroxylation sites is 2. The van der Waals surface area contributed by atoms with Crippen molar-refractivity contribution in [2.45, 2.75) is 13.8 Å². The quantitative estimate of drug-likeness (QED) is 0.278. The molecule has 2 aromatic heterocycles. The first kappa shape index (κ1) is 20.3. The molecule has 128 valence electrons. The van der Waals surface area contributed by atoms with Crippen molar-refractivity contribution in [3.8, 4) is 0 Å². The third kappa shape index (κ3) is 4.59. The number of benzene rings is 2. The fourth-order valence-corrected chi connectivity index (χ4v) is 3.59. The third-order valence-corrected chi connectivity index (χ3v) is 5.29. The molecule has 4 aromatic rings. The molecule has 2 radical (unpaired) electrons. The second-order valence-electron chi connectivity index (χ2n) is 5.56. The second-order valence-corrected chi connectivity index (χ2v) is 7.41. The molecule has 4 rings (SSSR count). The van der Waals surface area contributed by atoms with E-state index in [1.165, 1.54) is 21.9 Å². The van der Waals surface area contributed by atoms with Crippen LogP contribution in [0.1, 0.15) is 11.1 Å². The molecule has 0 fully saturated rings. The van der Waals surface area contributed by atoms with Crippen molar-refractivity contribution in [3.63, 3.8) is 0 Å². The first-order valence-electron chi connectivity index (χ1n) is 7.60. The minimum atomic E-state index is 0. The summed E-state index contributed by atoms with van der Waals surface area (Å²) in [6, 6.07) is 16.4. The topological polar surface area (TPSA) is 25.8 Å². The number of aromatic nitrogens is 2. The summed E-state index contributed by atoms with van der Waals surface area (Å²) in [6.07, 6.45) is 3.69. The monoisotopic (exact) mass is 639 g/mol. The Kier molecular flexibility index (Phi) is 7.37. The molecule has 0 amide bonds. The normalized spacial score (nSPS) is 10.0. The number of fused-ring (bicyclic) bond motifs is 2. The molecule has 0 bridgehead atoms. The third-order valence-electron chi connectivity index (χ3n) is 3.90. The van der Waals surface area contributed by atoms with Crippen LogP contribution in [-0.4, -0.2) is 42.0 Å². The van der Waals surface area contributed by atoms with Gasteiger partial charge in [0.1, 0.15) is 0 Å². The molecular weight excluding hydrogens is 621 g/mol. The zero-order valence-corrected chi connectivity index (χ0v) is 19.5. The van der Waals surface area contributed by atoms with Crippen LogP contribution < -0.4 is 8.92 Å². The zero-order valence-electron chi connectivity index (χ0n) is 13.8. The van der Waals surface area contributed by atoms with Crippen LogP contribution in [-0.2, 0) is 21.1 Å². The van der Waals surface area contributed by atoms with E-state index in [4.69, 9.17) is 0 Å². The molecule has 0 saturated carbocycles. The van der Waals surface area contributed by atoms with Crippen LogP contribution in [0.5, 0.6) is 0 Å². The van der Waals surface area contributed by atoms with Gasteiger partial charge in [0.25, 0.3) is 0 Å².